The summed E-state index contributed by atoms with van der Waals surface area (Å²) in [6, 6.07) is 7.06. The molecule has 1 aliphatic heterocycles. The smallest absolute Gasteiger partial charge is 0.169 e. The minimum atomic E-state index is -0.358. The van der Waals surface area contributed by atoms with E-state index in [1.165, 1.54) is 7.11 Å². The van der Waals surface area contributed by atoms with Gasteiger partial charge >= 0.3 is 0 Å². The van der Waals surface area contributed by atoms with Crippen molar-refractivity contribution in [1.29, 1.82) is 5.26 Å². The Hall–Kier alpha value is -1.64. The van der Waals surface area contributed by atoms with E-state index in [1.54, 1.807) is 18.2 Å². The van der Waals surface area contributed by atoms with Crippen molar-refractivity contribution in [3.05, 3.63) is 29.6 Å². The number of rotatable bonds is 4. The van der Waals surface area contributed by atoms with Crippen LogP contribution in [0, 0.1) is 17.1 Å². The Balaban J connectivity index is 2.30. The van der Waals surface area contributed by atoms with Crippen molar-refractivity contribution < 1.29 is 9.13 Å². The maximum atomic E-state index is 14.3. The molecule has 0 aromatic heterocycles. The summed E-state index contributed by atoms with van der Waals surface area (Å²) in [5, 5.41) is 12.3. The summed E-state index contributed by atoms with van der Waals surface area (Å²) in [6.07, 6.45) is 0.282. The van der Waals surface area contributed by atoms with E-state index in [2.05, 4.69) is 16.3 Å². The van der Waals surface area contributed by atoms with E-state index in [-0.39, 0.29) is 24.0 Å². The van der Waals surface area contributed by atoms with E-state index in [0.29, 0.717) is 5.56 Å². The van der Waals surface area contributed by atoms with Gasteiger partial charge in [0.25, 0.3) is 0 Å². The number of nitrogens with one attached hydrogen (secondary N) is 1. The van der Waals surface area contributed by atoms with Crippen LogP contribution in [-0.2, 0) is 0 Å². The topological polar surface area (TPSA) is 48.3 Å². The Morgan fingerprint density at radius 2 is 2.21 bits per heavy atom. The van der Waals surface area contributed by atoms with Crippen molar-refractivity contribution in [3.8, 4) is 11.8 Å². The van der Waals surface area contributed by atoms with Gasteiger partial charge in [-0.2, -0.15) is 5.26 Å². The second-order valence-corrected chi connectivity index (χ2v) is 4.53. The molecule has 0 saturated carbocycles. The number of hydrogen-bond acceptors (Lipinski definition) is 4. The predicted octanol–water partition coefficient (Wildman–Crippen LogP) is 1.69. The molecule has 0 aliphatic carbocycles. The number of nitrogens with zero attached hydrogens (tertiary/aromatic N) is 2. The molecule has 0 radical (unpaired) electrons. The van der Waals surface area contributed by atoms with Crippen molar-refractivity contribution in [2.24, 2.45) is 0 Å². The molecule has 102 valence electrons. The van der Waals surface area contributed by atoms with Crippen LogP contribution in [0.1, 0.15) is 18.0 Å². The predicted molar refractivity (Wildman–Crippen MR) is 70.4 cm³/mol. The van der Waals surface area contributed by atoms with Crippen molar-refractivity contribution >= 4 is 0 Å². The zero-order chi connectivity index (χ0) is 13.7. The number of benzene rings is 1. The molecule has 5 heteroatoms. The molecule has 1 heterocycles. The minimum absolute atomic E-state index is 0.206. The standard InChI is InChI=1S/C14H18FN3O/c1-19-13-4-2-3-11(14(13)15)12(5-6-16)18-9-7-17-8-10-18/h2-4,12,17H,5,7-10H2,1H3/t12-/m1/s1. The fourth-order valence-electron chi connectivity index (χ4n) is 2.46. The third-order valence-electron chi connectivity index (χ3n) is 3.45. The van der Waals surface area contributed by atoms with Gasteiger partial charge in [-0.05, 0) is 6.07 Å². The van der Waals surface area contributed by atoms with Crippen LogP contribution in [0.4, 0.5) is 4.39 Å². The van der Waals surface area contributed by atoms with Gasteiger partial charge in [-0.3, -0.25) is 4.90 Å². The summed E-state index contributed by atoms with van der Waals surface area (Å²) in [5.41, 5.74) is 0.544. The first-order chi connectivity index (χ1) is 9.27. The minimum Gasteiger partial charge on any atom is -0.494 e. The molecule has 4 nitrogen and oxygen atoms in total. The first-order valence-electron chi connectivity index (χ1n) is 6.42. The molecule has 1 fully saturated rings. The average Bonchev–Trinajstić information content (AvgIpc) is 2.46. The van der Waals surface area contributed by atoms with Crippen LogP contribution in [0.15, 0.2) is 18.2 Å². The average molecular weight is 263 g/mol. The van der Waals surface area contributed by atoms with Gasteiger partial charge in [0.2, 0.25) is 0 Å². The van der Waals surface area contributed by atoms with Crippen LogP contribution < -0.4 is 10.1 Å². The molecule has 1 N–H and O–H groups in total. The first-order valence-corrected chi connectivity index (χ1v) is 6.42. The molecule has 1 aromatic rings. The van der Waals surface area contributed by atoms with Crippen LogP contribution in [0.25, 0.3) is 0 Å². The Labute approximate surface area is 112 Å². The molecule has 1 aromatic carbocycles. The molecule has 0 spiro atoms. The highest BCUT2D eigenvalue weighted by Crippen LogP contribution is 2.30. The monoisotopic (exact) mass is 263 g/mol. The molecule has 1 aliphatic rings. The Bertz CT molecular complexity index is 466. The van der Waals surface area contributed by atoms with Gasteiger partial charge in [0.05, 0.1) is 25.6 Å². The third kappa shape index (κ3) is 3.03. The van der Waals surface area contributed by atoms with E-state index in [0.717, 1.165) is 26.2 Å². The second-order valence-electron chi connectivity index (χ2n) is 4.53. The molecule has 1 atom stereocenters. The molecule has 2 rings (SSSR count). The van der Waals surface area contributed by atoms with E-state index >= 15 is 0 Å². The van der Waals surface area contributed by atoms with Gasteiger partial charge in [0.15, 0.2) is 11.6 Å². The summed E-state index contributed by atoms with van der Waals surface area (Å²) < 4.78 is 19.3. The lowest BCUT2D eigenvalue weighted by molar-refractivity contribution is 0.172. The van der Waals surface area contributed by atoms with E-state index in [9.17, 15) is 4.39 Å². The van der Waals surface area contributed by atoms with E-state index < -0.39 is 0 Å². The number of hydrogen-bond donors (Lipinski definition) is 1. The van der Waals surface area contributed by atoms with Crippen molar-refractivity contribution in [2.75, 3.05) is 33.3 Å². The van der Waals surface area contributed by atoms with Crippen molar-refractivity contribution in [3.63, 3.8) is 0 Å². The van der Waals surface area contributed by atoms with Gasteiger partial charge < -0.3 is 10.1 Å². The molecule has 1 saturated heterocycles. The summed E-state index contributed by atoms with van der Waals surface area (Å²) in [6.45, 7) is 3.38. The van der Waals surface area contributed by atoms with Gasteiger partial charge in [-0.25, -0.2) is 4.39 Å². The highest BCUT2D eigenvalue weighted by Gasteiger charge is 2.25. The lowest BCUT2D eigenvalue weighted by Crippen LogP contribution is -2.45. The Morgan fingerprint density at radius 3 is 2.84 bits per heavy atom. The van der Waals surface area contributed by atoms with Gasteiger partial charge in [-0.1, -0.05) is 12.1 Å². The molecule has 0 unspecified atom stereocenters. The number of halogens is 1. The zero-order valence-electron chi connectivity index (χ0n) is 11.0. The van der Waals surface area contributed by atoms with Crippen LogP contribution in [0.5, 0.6) is 5.75 Å². The quantitative estimate of drug-likeness (QED) is 0.898. The summed E-state index contributed by atoms with van der Waals surface area (Å²) >= 11 is 0. The van der Waals surface area contributed by atoms with Gasteiger partial charge in [0, 0.05) is 31.7 Å². The lowest BCUT2D eigenvalue weighted by atomic mass is 10.0. The molecular weight excluding hydrogens is 245 g/mol. The summed E-state index contributed by atoms with van der Waals surface area (Å²) in [4.78, 5) is 2.15. The maximum absolute atomic E-state index is 14.3. The molecular formula is C14H18FN3O. The van der Waals surface area contributed by atoms with Gasteiger partial charge in [0.1, 0.15) is 0 Å². The summed E-state index contributed by atoms with van der Waals surface area (Å²) in [5.74, 6) is -0.126. The highest BCUT2D eigenvalue weighted by molar-refractivity contribution is 5.33. The molecule has 0 amide bonds. The van der Waals surface area contributed by atoms with E-state index in [1.807, 2.05) is 0 Å². The van der Waals surface area contributed by atoms with Crippen LogP contribution in [-0.4, -0.2) is 38.2 Å². The van der Waals surface area contributed by atoms with Crippen LogP contribution >= 0.6 is 0 Å². The fraction of sp³-hybridized carbons (Fsp3) is 0.500. The second kappa shape index (κ2) is 6.50. The van der Waals surface area contributed by atoms with E-state index in [4.69, 9.17) is 10.00 Å². The molecule has 19 heavy (non-hydrogen) atoms. The maximum Gasteiger partial charge on any atom is 0.169 e. The molecule has 0 bridgehead atoms. The lowest BCUT2D eigenvalue weighted by Gasteiger charge is -2.34. The first kappa shape index (κ1) is 13.8. The Kier molecular flexibility index (Phi) is 4.72. The van der Waals surface area contributed by atoms with Crippen LogP contribution in [0.2, 0.25) is 0 Å². The van der Waals surface area contributed by atoms with Crippen LogP contribution in [0.3, 0.4) is 0 Å². The Morgan fingerprint density at radius 1 is 1.47 bits per heavy atom. The number of piperazine rings is 1. The largest absolute Gasteiger partial charge is 0.494 e. The van der Waals surface area contributed by atoms with Crippen molar-refractivity contribution in [2.45, 2.75) is 12.5 Å². The van der Waals surface area contributed by atoms with Gasteiger partial charge in [-0.15, -0.1) is 0 Å². The zero-order valence-corrected chi connectivity index (χ0v) is 11.0. The third-order valence-corrected chi connectivity index (χ3v) is 3.45. The highest BCUT2D eigenvalue weighted by atomic mass is 19.1. The number of ether oxygens (including phenoxy) is 1. The van der Waals surface area contributed by atoms with Crippen molar-refractivity contribution in [1.82, 2.24) is 10.2 Å². The summed E-state index contributed by atoms with van der Waals surface area (Å²) in [7, 11) is 1.45. The number of nitriles is 1. The normalized spacial score (nSPS) is 17.7. The number of methoxy groups -OCH3 is 1. The SMILES string of the molecule is COc1cccc([C@@H](CC#N)N2CCNCC2)c1F. The fourth-order valence-corrected chi connectivity index (χ4v) is 2.46.